The van der Waals surface area contributed by atoms with Gasteiger partial charge in [0, 0.05) is 30.9 Å². The van der Waals surface area contributed by atoms with Crippen LogP contribution in [0.3, 0.4) is 0 Å². The molecule has 0 saturated carbocycles. The second kappa shape index (κ2) is 15.4. The molecule has 2 N–H and O–H groups in total. The predicted molar refractivity (Wildman–Crippen MR) is 187 cm³/mol. The number of hydrogen-bond donors (Lipinski definition) is 2. The molecule has 0 bridgehead atoms. The number of para-hydroxylation sites is 1. The van der Waals surface area contributed by atoms with Crippen molar-refractivity contribution in [3.8, 4) is 11.4 Å². The molecular formula is C36H38F2N8O8. The van der Waals surface area contributed by atoms with Crippen molar-refractivity contribution < 1.29 is 47.0 Å². The SMILES string of the molecule is Cc1nccn1-c1c(F)cccc1N1C[C@H](CO)OC1=O.Cc1nccn1-c1ccc(N2C[C@H](C(NC(=O)OC(C)(C)C)c3ccon3)OC2=O)cc1F. The zero-order valence-electron chi connectivity index (χ0n) is 30.0. The molecule has 3 atom stereocenters. The molecule has 2 fully saturated rings. The number of carbonyl (C=O) groups is 3. The summed E-state index contributed by atoms with van der Waals surface area (Å²) in [5.41, 5.74) is 0.893. The lowest BCUT2D eigenvalue weighted by Gasteiger charge is -2.25. The number of rotatable bonds is 8. The Morgan fingerprint density at radius 1 is 0.944 bits per heavy atom. The minimum Gasteiger partial charge on any atom is -0.444 e. The number of amides is 3. The number of imidazole rings is 2. The fourth-order valence-electron chi connectivity index (χ4n) is 5.92. The summed E-state index contributed by atoms with van der Waals surface area (Å²) in [6.45, 7) is 8.67. The predicted octanol–water partition coefficient (Wildman–Crippen LogP) is 5.54. The lowest BCUT2D eigenvalue weighted by molar-refractivity contribution is 0.0429. The van der Waals surface area contributed by atoms with Gasteiger partial charge in [-0.3, -0.25) is 14.4 Å². The Balaban J connectivity index is 0.000000203. The van der Waals surface area contributed by atoms with Crippen molar-refractivity contribution in [1.29, 1.82) is 0 Å². The van der Waals surface area contributed by atoms with Crippen molar-refractivity contribution in [3.63, 3.8) is 0 Å². The summed E-state index contributed by atoms with van der Waals surface area (Å²) in [5.74, 6) is 0.247. The van der Waals surface area contributed by atoms with Crippen LogP contribution in [-0.2, 0) is 14.2 Å². The number of alkyl carbamates (subject to hydrolysis) is 1. The number of ether oxygens (including phenoxy) is 3. The number of carbonyl (C=O) groups excluding carboxylic acids is 3. The summed E-state index contributed by atoms with van der Waals surface area (Å²) in [7, 11) is 0. The number of halogens is 2. The summed E-state index contributed by atoms with van der Waals surface area (Å²) in [6.07, 6.45) is 4.38. The quantitative estimate of drug-likeness (QED) is 0.191. The fourth-order valence-corrected chi connectivity index (χ4v) is 5.92. The van der Waals surface area contributed by atoms with E-state index in [-0.39, 0.29) is 25.4 Å². The Labute approximate surface area is 307 Å². The smallest absolute Gasteiger partial charge is 0.414 e. The third-order valence-electron chi connectivity index (χ3n) is 8.38. The molecule has 0 radical (unpaired) electrons. The molecule has 7 rings (SSSR count). The fraction of sp³-hybridized carbons (Fsp3) is 0.333. The molecule has 5 aromatic rings. The maximum atomic E-state index is 14.9. The molecule has 2 aromatic carbocycles. The zero-order valence-corrected chi connectivity index (χ0v) is 30.0. The summed E-state index contributed by atoms with van der Waals surface area (Å²) < 4.78 is 53.0. The van der Waals surface area contributed by atoms with Gasteiger partial charge in [0.05, 0.1) is 36.8 Å². The first-order chi connectivity index (χ1) is 25.7. The lowest BCUT2D eigenvalue weighted by atomic mass is 10.1. The van der Waals surface area contributed by atoms with Crippen molar-refractivity contribution in [2.45, 2.75) is 58.5 Å². The van der Waals surface area contributed by atoms with Gasteiger partial charge in [0.25, 0.3) is 0 Å². The Bertz CT molecular complexity index is 2130. The monoisotopic (exact) mass is 748 g/mol. The first kappa shape index (κ1) is 37.5. The number of anilines is 2. The molecule has 0 aliphatic carbocycles. The van der Waals surface area contributed by atoms with E-state index in [1.54, 1.807) is 92.8 Å². The number of nitrogens with one attached hydrogen (secondary N) is 1. The van der Waals surface area contributed by atoms with E-state index in [1.807, 2.05) is 0 Å². The lowest BCUT2D eigenvalue weighted by Crippen LogP contribution is -2.41. The van der Waals surface area contributed by atoms with E-state index in [1.165, 1.54) is 34.3 Å². The van der Waals surface area contributed by atoms with Gasteiger partial charge >= 0.3 is 18.3 Å². The van der Waals surface area contributed by atoms with Crippen LogP contribution in [-0.4, -0.2) is 85.2 Å². The van der Waals surface area contributed by atoms with Crippen LogP contribution < -0.4 is 15.1 Å². The van der Waals surface area contributed by atoms with Gasteiger partial charge in [-0.05, 0) is 65.0 Å². The van der Waals surface area contributed by atoms with Gasteiger partial charge in [-0.1, -0.05) is 11.2 Å². The van der Waals surface area contributed by atoms with Crippen molar-refractivity contribution in [3.05, 3.63) is 102 Å². The minimum atomic E-state index is -0.828. The Kier molecular flexibility index (Phi) is 10.7. The van der Waals surface area contributed by atoms with Crippen LogP contribution in [0.2, 0.25) is 0 Å². The molecule has 3 aromatic heterocycles. The van der Waals surface area contributed by atoms with Gasteiger partial charge < -0.3 is 33.7 Å². The molecule has 18 heteroatoms. The van der Waals surface area contributed by atoms with Crippen LogP contribution in [0.15, 0.2) is 78.0 Å². The van der Waals surface area contributed by atoms with Gasteiger partial charge in [0.1, 0.15) is 64.8 Å². The van der Waals surface area contributed by atoms with E-state index in [0.717, 1.165) is 0 Å². The Morgan fingerprint density at radius 3 is 2.24 bits per heavy atom. The van der Waals surface area contributed by atoms with E-state index in [2.05, 4.69) is 20.4 Å². The number of cyclic esters (lactones) is 2. The highest BCUT2D eigenvalue weighted by Crippen LogP contribution is 2.32. The van der Waals surface area contributed by atoms with E-state index < -0.39 is 53.8 Å². The first-order valence-electron chi connectivity index (χ1n) is 16.8. The summed E-state index contributed by atoms with van der Waals surface area (Å²) in [4.78, 5) is 47.7. The number of aliphatic hydroxyl groups excluding tert-OH is 1. The normalized spacial score (nSPS) is 17.5. The van der Waals surface area contributed by atoms with E-state index in [9.17, 15) is 23.2 Å². The molecule has 2 aliphatic heterocycles. The summed E-state index contributed by atoms with van der Waals surface area (Å²) >= 11 is 0. The number of hydrogen-bond acceptors (Lipinski definition) is 11. The van der Waals surface area contributed by atoms with Crippen LogP contribution in [0.1, 0.15) is 44.2 Å². The highest BCUT2D eigenvalue weighted by Gasteiger charge is 2.41. The summed E-state index contributed by atoms with van der Waals surface area (Å²) in [6, 6.07) is 9.65. The number of aryl methyl sites for hydroxylation is 2. The largest absolute Gasteiger partial charge is 0.444 e. The third-order valence-corrected chi connectivity index (χ3v) is 8.38. The Morgan fingerprint density at radius 2 is 1.65 bits per heavy atom. The highest BCUT2D eigenvalue weighted by molar-refractivity contribution is 5.92. The van der Waals surface area contributed by atoms with E-state index >= 15 is 0 Å². The molecule has 0 spiro atoms. The van der Waals surface area contributed by atoms with Gasteiger partial charge in [0.2, 0.25) is 0 Å². The molecule has 3 amide bonds. The number of aliphatic hydroxyl groups is 1. The molecule has 5 heterocycles. The molecule has 284 valence electrons. The summed E-state index contributed by atoms with van der Waals surface area (Å²) in [5, 5.41) is 15.7. The maximum absolute atomic E-state index is 14.9. The standard InChI is InChI=1S/C22H24FN5O5.C14H14FN3O3/c1-13-24-8-9-27(13)17-6-5-14(11-15(17)23)28-12-18(32-21(28)30)19(16-7-10-31-26-16)25-20(29)33-22(2,3)4;1-9-16-5-6-17(9)13-11(15)3-2-4-12(13)18-7-10(8-19)21-14(18)20/h5-11,18-19H,12H2,1-4H3,(H,25,29);2-6,10,19H,7-8H2,1H3/t18-,19?;10-/m11/s1. The van der Waals surface area contributed by atoms with Crippen molar-refractivity contribution in [1.82, 2.24) is 29.6 Å². The van der Waals surface area contributed by atoms with E-state index in [0.29, 0.717) is 34.4 Å². The second-order valence-corrected chi connectivity index (χ2v) is 13.3. The van der Waals surface area contributed by atoms with Crippen LogP contribution in [0, 0.1) is 25.5 Å². The number of aromatic nitrogens is 5. The van der Waals surface area contributed by atoms with Crippen LogP contribution in [0.25, 0.3) is 11.4 Å². The van der Waals surface area contributed by atoms with Crippen molar-refractivity contribution in [2.75, 3.05) is 29.5 Å². The van der Waals surface area contributed by atoms with Crippen molar-refractivity contribution in [2.24, 2.45) is 0 Å². The van der Waals surface area contributed by atoms with Gasteiger partial charge in [-0.2, -0.15) is 0 Å². The minimum absolute atomic E-state index is 0.0506. The van der Waals surface area contributed by atoms with E-state index in [4.69, 9.17) is 23.8 Å². The van der Waals surface area contributed by atoms with Crippen LogP contribution >= 0.6 is 0 Å². The molecule has 2 saturated heterocycles. The van der Waals surface area contributed by atoms with Gasteiger partial charge in [-0.15, -0.1) is 0 Å². The molecular weight excluding hydrogens is 710 g/mol. The topological polar surface area (TPSA) is 179 Å². The maximum Gasteiger partial charge on any atom is 0.414 e. The number of benzene rings is 2. The second-order valence-electron chi connectivity index (χ2n) is 13.3. The van der Waals surface area contributed by atoms with Crippen molar-refractivity contribution >= 4 is 29.7 Å². The number of nitrogens with zero attached hydrogens (tertiary/aromatic N) is 7. The molecule has 16 nitrogen and oxygen atoms in total. The molecule has 1 unspecified atom stereocenters. The average Bonchev–Trinajstić information content (AvgIpc) is 3.96. The first-order valence-corrected chi connectivity index (χ1v) is 16.8. The zero-order chi connectivity index (χ0) is 38.7. The average molecular weight is 749 g/mol. The third kappa shape index (κ3) is 8.02. The Hall–Kier alpha value is -6.30. The van der Waals surface area contributed by atoms with Crippen LogP contribution in [0.4, 0.5) is 34.5 Å². The molecule has 54 heavy (non-hydrogen) atoms. The molecule has 2 aliphatic rings. The highest BCUT2D eigenvalue weighted by atomic mass is 19.1. The van der Waals surface area contributed by atoms with Crippen LogP contribution in [0.5, 0.6) is 0 Å². The van der Waals surface area contributed by atoms with Gasteiger partial charge in [0.15, 0.2) is 0 Å². The van der Waals surface area contributed by atoms with Gasteiger partial charge in [-0.25, -0.2) is 33.1 Å².